The van der Waals surface area contributed by atoms with Crippen molar-refractivity contribution >= 4 is 11.4 Å². The molecule has 2 N–H and O–H groups in total. The molecule has 2 rings (SSSR count). The largest absolute Gasteiger partial charge is 0.495 e. The molecule has 1 aromatic carbocycles. The Hall–Kier alpha value is -2.23. The van der Waals surface area contributed by atoms with Crippen molar-refractivity contribution in [3.8, 4) is 5.75 Å². The number of para-hydroxylation sites is 1. The Labute approximate surface area is 107 Å². The summed E-state index contributed by atoms with van der Waals surface area (Å²) >= 11 is 0. The van der Waals surface area contributed by atoms with Crippen LogP contribution < -0.4 is 15.4 Å². The summed E-state index contributed by atoms with van der Waals surface area (Å²) in [6.45, 7) is 0.778. The quantitative estimate of drug-likeness (QED) is 0.837. The Morgan fingerprint density at radius 1 is 1.22 bits per heavy atom. The van der Waals surface area contributed by atoms with Gasteiger partial charge < -0.3 is 15.4 Å². The van der Waals surface area contributed by atoms with E-state index in [0.29, 0.717) is 11.4 Å². The highest BCUT2D eigenvalue weighted by Gasteiger charge is 2.09. The molecular formula is C14H17N3O. The van der Waals surface area contributed by atoms with Crippen LogP contribution in [-0.4, -0.2) is 19.1 Å². The number of rotatable bonds is 4. The Balaban J connectivity index is 2.21. The van der Waals surface area contributed by atoms with Gasteiger partial charge in [0.05, 0.1) is 18.5 Å². The van der Waals surface area contributed by atoms with Gasteiger partial charge in [-0.3, -0.25) is 4.98 Å². The van der Waals surface area contributed by atoms with Gasteiger partial charge >= 0.3 is 0 Å². The molecule has 94 valence electrons. The molecule has 0 saturated carbocycles. The second-order valence-corrected chi connectivity index (χ2v) is 4.10. The molecule has 2 aromatic rings. The van der Waals surface area contributed by atoms with Crippen LogP contribution in [0, 0.1) is 0 Å². The molecule has 0 aliphatic rings. The van der Waals surface area contributed by atoms with Gasteiger partial charge in [-0.2, -0.15) is 0 Å². The van der Waals surface area contributed by atoms with E-state index in [9.17, 15) is 0 Å². The van der Waals surface area contributed by atoms with E-state index < -0.39 is 0 Å². The highest BCUT2D eigenvalue weighted by molar-refractivity contribution is 5.73. The van der Waals surface area contributed by atoms with Crippen LogP contribution in [0.4, 0.5) is 11.4 Å². The number of nitrogens with two attached hydrogens (primary N) is 1. The van der Waals surface area contributed by atoms with Crippen LogP contribution in [0.25, 0.3) is 0 Å². The number of hydrogen-bond acceptors (Lipinski definition) is 4. The van der Waals surface area contributed by atoms with Crippen molar-refractivity contribution in [2.24, 2.45) is 0 Å². The van der Waals surface area contributed by atoms with Crippen molar-refractivity contribution in [2.75, 3.05) is 24.8 Å². The molecule has 0 fully saturated rings. The Bertz CT molecular complexity index is 514. The van der Waals surface area contributed by atoms with E-state index in [-0.39, 0.29) is 0 Å². The minimum atomic E-state index is 0.663. The number of ether oxygens (including phenoxy) is 1. The lowest BCUT2D eigenvalue weighted by atomic mass is 10.2. The molecule has 0 radical (unpaired) electrons. The van der Waals surface area contributed by atoms with Gasteiger partial charge in [0.2, 0.25) is 0 Å². The van der Waals surface area contributed by atoms with E-state index in [1.54, 1.807) is 19.5 Å². The molecule has 1 heterocycles. The number of aromatic nitrogens is 1. The molecule has 1 aromatic heterocycles. The molecule has 4 nitrogen and oxygen atoms in total. The predicted octanol–water partition coefficient (Wildman–Crippen LogP) is 2.31. The van der Waals surface area contributed by atoms with Crippen molar-refractivity contribution in [1.82, 2.24) is 4.98 Å². The fourth-order valence-electron chi connectivity index (χ4n) is 1.89. The molecule has 0 unspecified atom stereocenters. The molecule has 0 amide bonds. The Morgan fingerprint density at radius 3 is 2.61 bits per heavy atom. The number of nitrogens with zero attached hydrogens (tertiary/aromatic N) is 2. The molecule has 0 bridgehead atoms. The van der Waals surface area contributed by atoms with Crippen molar-refractivity contribution < 1.29 is 4.74 Å². The maximum atomic E-state index is 6.07. The monoisotopic (exact) mass is 243 g/mol. The lowest BCUT2D eigenvalue weighted by Crippen LogP contribution is -2.18. The number of hydrogen-bond donors (Lipinski definition) is 1. The second-order valence-electron chi connectivity index (χ2n) is 4.10. The minimum Gasteiger partial charge on any atom is -0.495 e. The smallest absolute Gasteiger partial charge is 0.143 e. The van der Waals surface area contributed by atoms with E-state index in [2.05, 4.69) is 9.88 Å². The first kappa shape index (κ1) is 12.2. The molecule has 0 atom stereocenters. The van der Waals surface area contributed by atoms with E-state index in [0.717, 1.165) is 12.2 Å². The zero-order valence-electron chi connectivity index (χ0n) is 10.6. The van der Waals surface area contributed by atoms with Gasteiger partial charge in [0.25, 0.3) is 0 Å². The first-order chi connectivity index (χ1) is 8.72. The summed E-state index contributed by atoms with van der Waals surface area (Å²) in [5.41, 5.74) is 8.89. The first-order valence-corrected chi connectivity index (χ1v) is 5.75. The van der Waals surface area contributed by atoms with Crippen LogP contribution in [0.5, 0.6) is 5.75 Å². The molecular weight excluding hydrogens is 226 g/mol. The molecule has 0 spiro atoms. The predicted molar refractivity (Wildman–Crippen MR) is 73.8 cm³/mol. The first-order valence-electron chi connectivity index (χ1n) is 5.75. The van der Waals surface area contributed by atoms with Crippen LogP contribution in [0.3, 0.4) is 0 Å². The molecule has 4 heteroatoms. The third kappa shape index (κ3) is 2.53. The van der Waals surface area contributed by atoms with Gasteiger partial charge in [-0.05, 0) is 29.8 Å². The summed E-state index contributed by atoms with van der Waals surface area (Å²) in [4.78, 5) is 6.10. The van der Waals surface area contributed by atoms with E-state index in [4.69, 9.17) is 10.5 Å². The van der Waals surface area contributed by atoms with E-state index >= 15 is 0 Å². The van der Waals surface area contributed by atoms with Crippen molar-refractivity contribution in [1.29, 1.82) is 0 Å². The van der Waals surface area contributed by atoms with Gasteiger partial charge in [-0.15, -0.1) is 0 Å². The number of methoxy groups -OCH3 is 1. The van der Waals surface area contributed by atoms with Gasteiger partial charge in [-0.1, -0.05) is 6.07 Å². The van der Waals surface area contributed by atoms with Crippen LogP contribution in [0.2, 0.25) is 0 Å². The summed E-state index contributed by atoms with van der Waals surface area (Å²) in [5, 5.41) is 0. The normalized spacial score (nSPS) is 10.1. The van der Waals surface area contributed by atoms with Crippen LogP contribution in [-0.2, 0) is 6.54 Å². The highest BCUT2D eigenvalue weighted by atomic mass is 16.5. The van der Waals surface area contributed by atoms with Crippen LogP contribution in [0.15, 0.2) is 42.7 Å². The lowest BCUT2D eigenvalue weighted by molar-refractivity contribution is 0.417. The lowest BCUT2D eigenvalue weighted by Gasteiger charge is -2.22. The topological polar surface area (TPSA) is 51.4 Å². The molecule has 0 saturated heterocycles. The minimum absolute atomic E-state index is 0.663. The molecule has 0 aliphatic carbocycles. The van der Waals surface area contributed by atoms with Gasteiger partial charge in [0, 0.05) is 26.0 Å². The second kappa shape index (κ2) is 5.40. The van der Waals surface area contributed by atoms with E-state index in [1.165, 1.54) is 5.56 Å². The maximum absolute atomic E-state index is 6.07. The summed E-state index contributed by atoms with van der Waals surface area (Å²) < 4.78 is 5.22. The number of pyridine rings is 1. The fourth-order valence-corrected chi connectivity index (χ4v) is 1.89. The Kier molecular flexibility index (Phi) is 3.67. The zero-order chi connectivity index (χ0) is 13.0. The molecule has 0 aliphatic heterocycles. The fraction of sp³-hybridized carbons (Fsp3) is 0.214. The number of anilines is 2. The zero-order valence-corrected chi connectivity index (χ0v) is 10.6. The third-order valence-corrected chi connectivity index (χ3v) is 2.84. The van der Waals surface area contributed by atoms with E-state index in [1.807, 2.05) is 37.4 Å². The van der Waals surface area contributed by atoms with Crippen LogP contribution in [0.1, 0.15) is 5.56 Å². The maximum Gasteiger partial charge on any atom is 0.143 e. The Morgan fingerprint density at radius 2 is 1.94 bits per heavy atom. The molecule has 18 heavy (non-hydrogen) atoms. The van der Waals surface area contributed by atoms with Crippen molar-refractivity contribution in [3.63, 3.8) is 0 Å². The number of nitrogen functional groups attached to an aromatic ring is 1. The van der Waals surface area contributed by atoms with Gasteiger partial charge in [0.15, 0.2) is 0 Å². The average molecular weight is 243 g/mol. The van der Waals surface area contributed by atoms with Crippen LogP contribution >= 0.6 is 0 Å². The summed E-state index contributed by atoms with van der Waals surface area (Å²) in [6.07, 6.45) is 3.58. The average Bonchev–Trinajstić information content (AvgIpc) is 2.40. The van der Waals surface area contributed by atoms with Gasteiger partial charge in [0.1, 0.15) is 5.75 Å². The third-order valence-electron chi connectivity index (χ3n) is 2.84. The summed E-state index contributed by atoms with van der Waals surface area (Å²) in [5.74, 6) is 0.703. The standard InChI is InChI=1S/C14H17N3O/c1-17(10-11-6-8-16-9-7-11)12-4-3-5-13(18-2)14(12)15/h3-9H,10,15H2,1-2H3. The van der Waals surface area contributed by atoms with Crippen molar-refractivity contribution in [2.45, 2.75) is 6.54 Å². The van der Waals surface area contributed by atoms with Crippen molar-refractivity contribution in [3.05, 3.63) is 48.3 Å². The summed E-state index contributed by atoms with van der Waals surface area (Å²) in [6, 6.07) is 9.77. The SMILES string of the molecule is COc1cccc(N(C)Cc2ccncc2)c1N. The summed E-state index contributed by atoms with van der Waals surface area (Å²) in [7, 11) is 3.63. The highest BCUT2D eigenvalue weighted by Crippen LogP contribution is 2.31. The number of benzene rings is 1. The van der Waals surface area contributed by atoms with Gasteiger partial charge in [-0.25, -0.2) is 0 Å².